The molecule has 106 valence electrons. The number of nitrogens with zero attached hydrogens (tertiary/aromatic N) is 1. The summed E-state index contributed by atoms with van der Waals surface area (Å²) in [6, 6.07) is 1.82. The fourth-order valence-electron chi connectivity index (χ4n) is 1.99. The maximum absolute atomic E-state index is 13.6. The second kappa shape index (κ2) is 5.28. The van der Waals surface area contributed by atoms with Crippen molar-refractivity contribution in [3.05, 3.63) is 41.7 Å². The van der Waals surface area contributed by atoms with Gasteiger partial charge in [0, 0.05) is 31.1 Å². The Balaban J connectivity index is 1.75. The van der Waals surface area contributed by atoms with Gasteiger partial charge < -0.3 is 9.73 Å². The van der Waals surface area contributed by atoms with E-state index in [1.165, 1.54) is 19.0 Å². The average molecular weight is 282 g/mol. The van der Waals surface area contributed by atoms with Gasteiger partial charge in [-0.25, -0.2) is 18.2 Å². The largest absolute Gasteiger partial charge is 0.440 e. The first-order valence-electron chi connectivity index (χ1n) is 6.46. The van der Waals surface area contributed by atoms with Crippen molar-refractivity contribution in [1.29, 1.82) is 0 Å². The number of rotatable bonds is 5. The van der Waals surface area contributed by atoms with Gasteiger partial charge in [-0.1, -0.05) is 0 Å². The van der Waals surface area contributed by atoms with E-state index in [9.17, 15) is 13.2 Å². The summed E-state index contributed by atoms with van der Waals surface area (Å²) in [6.07, 6.45) is 4.17. The normalized spacial score (nSPS) is 14.8. The molecule has 3 nitrogen and oxygen atoms in total. The van der Waals surface area contributed by atoms with E-state index in [2.05, 4.69) is 10.3 Å². The minimum atomic E-state index is -0.999. The van der Waals surface area contributed by atoms with Crippen LogP contribution in [0.3, 0.4) is 0 Å². The molecule has 3 rings (SSSR count). The lowest BCUT2D eigenvalue weighted by atomic mass is 10.1. The van der Waals surface area contributed by atoms with Crippen LogP contribution in [-0.4, -0.2) is 17.6 Å². The maximum Gasteiger partial charge on any atom is 0.196 e. The lowest BCUT2D eigenvalue weighted by Gasteiger charge is -2.02. The van der Waals surface area contributed by atoms with Crippen LogP contribution in [0.15, 0.2) is 22.7 Å². The molecule has 0 radical (unpaired) electrons. The van der Waals surface area contributed by atoms with Crippen molar-refractivity contribution in [3.8, 4) is 11.3 Å². The molecule has 0 amide bonds. The summed E-state index contributed by atoms with van der Waals surface area (Å²) >= 11 is 0. The van der Waals surface area contributed by atoms with E-state index in [1.54, 1.807) is 0 Å². The predicted octanol–water partition coefficient (Wildman–Crippen LogP) is 3.05. The molecular formula is C14H13F3N2O. The Morgan fingerprint density at radius 1 is 1.20 bits per heavy atom. The van der Waals surface area contributed by atoms with Crippen LogP contribution in [0.25, 0.3) is 11.3 Å². The van der Waals surface area contributed by atoms with Crippen LogP contribution in [0.4, 0.5) is 13.2 Å². The van der Waals surface area contributed by atoms with Crippen LogP contribution >= 0.6 is 0 Å². The molecule has 20 heavy (non-hydrogen) atoms. The summed E-state index contributed by atoms with van der Waals surface area (Å²) in [7, 11) is 0. The van der Waals surface area contributed by atoms with E-state index in [1.807, 2.05) is 0 Å². The van der Waals surface area contributed by atoms with Gasteiger partial charge in [-0.05, 0) is 12.8 Å². The minimum Gasteiger partial charge on any atom is -0.440 e. The van der Waals surface area contributed by atoms with E-state index < -0.39 is 17.5 Å². The molecule has 6 heteroatoms. The SMILES string of the molecule is Fc1cc(F)c(-c2cnc(CCNC3CC3)o2)c(F)c1. The second-order valence-electron chi connectivity index (χ2n) is 4.84. The van der Waals surface area contributed by atoms with Gasteiger partial charge in [0.15, 0.2) is 11.7 Å². The van der Waals surface area contributed by atoms with Crippen LogP contribution in [0.2, 0.25) is 0 Å². The molecule has 2 aromatic rings. The van der Waals surface area contributed by atoms with E-state index in [4.69, 9.17) is 4.42 Å². The Bertz CT molecular complexity index is 600. The van der Waals surface area contributed by atoms with Crippen molar-refractivity contribution in [2.75, 3.05) is 6.54 Å². The highest BCUT2D eigenvalue weighted by Crippen LogP contribution is 2.27. The Hall–Kier alpha value is -1.82. The minimum absolute atomic E-state index is 0.0265. The molecule has 1 saturated carbocycles. The molecule has 0 saturated heterocycles. The van der Waals surface area contributed by atoms with E-state index in [0.717, 1.165) is 0 Å². The topological polar surface area (TPSA) is 38.1 Å². The molecule has 0 aliphatic heterocycles. The van der Waals surface area contributed by atoms with Crippen LogP contribution in [0.1, 0.15) is 18.7 Å². The molecule has 1 aromatic carbocycles. The zero-order valence-corrected chi connectivity index (χ0v) is 10.6. The molecule has 1 fully saturated rings. The lowest BCUT2D eigenvalue weighted by Crippen LogP contribution is -2.19. The monoisotopic (exact) mass is 282 g/mol. The molecule has 1 aromatic heterocycles. The van der Waals surface area contributed by atoms with Gasteiger partial charge in [-0.3, -0.25) is 0 Å². The Kier molecular flexibility index (Phi) is 3.48. The number of oxazole rings is 1. The highest BCUT2D eigenvalue weighted by molar-refractivity contribution is 5.58. The molecule has 0 spiro atoms. The van der Waals surface area contributed by atoms with Crippen molar-refractivity contribution in [2.45, 2.75) is 25.3 Å². The van der Waals surface area contributed by atoms with Crippen molar-refractivity contribution in [3.63, 3.8) is 0 Å². The number of halogens is 3. The third-order valence-electron chi connectivity index (χ3n) is 3.16. The Morgan fingerprint density at radius 3 is 2.55 bits per heavy atom. The van der Waals surface area contributed by atoms with E-state index >= 15 is 0 Å². The molecular weight excluding hydrogens is 269 g/mol. The zero-order valence-electron chi connectivity index (χ0n) is 10.6. The van der Waals surface area contributed by atoms with Crippen LogP contribution in [0.5, 0.6) is 0 Å². The fraction of sp³-hybridized carbons (Fsp3) is 0.357. The zero-order chi connectivity index (χ0) is 14.1. The molecule has 1 N–H and O–H groups in total. The quantitative estimate of drug-likeness (QED) is 0.916. The smallest absolute Gasteiger partial charge is 0.196 e. The van der Waals surface area contributed by atoms with Gasteiger partial charge in [0.2, 0.25) is 0 Å². The lowest BCUT2D eigenvalue weighted by molar-refractivity contribution is 0.484. The number of hydrogen-bond acceptors (Lipinski definition) is 3. The van der Waals surface area contributed by atoms with Gasteiger partial charge in [-0.15, -0.1) is 0 Å². The molecule has 0 atom stereocenters. The first-order chi connectivity index (χ1) is 9.63. The summed E-state index contributed by atoms with van der Waals surface area (Å²) in [5, 5.41) is 3.29. The standard InChI is InChI=1S/C14H13F3N2O/c15-8-5-10(16)14(11(17)6-8)12-7-19-13(20-12)3-4-18-9-1-2-9/h5-7,9,18H,1-4H2. The number of benzene rings is 1. The maximum atomic E-state index is 13.6. The first kappa shape index (κ1) is 13.2. The molecule has 0 bridgehead atoms. The van der Waals surface area contributed by atoms with Gasteiger partial charge in [0.05, 0.1) is 11.8 Å². The summed E-state index contributed by atoms with van der Waals surface area (Å²) in [5.41, 5.74) is -0.389. The van der Waals surface area contributed by atoms with Crippen LogP contribution < -0.4 is 5.32 Å². The van der Waals surface area contributed by atoms with Gasteiger partial charge in [-0.2, -0.15) is 0 Å². The summed E-state index contributed by atoms with van der Waals surface area (Å²) in [5.74, 6) is -2.59. The number of hydrogen-bond donors (Lipinski definition) is 1. The molecule has 1 aliphatic rings. The highest BCUT2D eigenvalue weighted by atomic mass is 19.1. The number of nitrogens with one attached hydrogen (secondary N) is 1. The first-order valence-corrected chi connectivity index (χ1v) is 6.46. The predicted molar refractivity (Wildman–Crippen MR) is 66.5 cm³/mol. The molecule has 1 aliphatic carbocycles. The Morgan fingerprint density at radius 2 is 1.90 bits per heavy atom. The number of aromatic nitrogens is 1. The second-order valence-corrected chi connectivity index (χ2v) is 4.84. The summed E-state index contributed by atoms with van der Waals surface area (Å²) < 4.78 is 45.3. The van der Waals surface area contributed by atoms with Crippen molar-refractivity contribution >= 4 is 0 Å². The van der Waals surface area contributed by atoms with Gasteiger partial charge in [0.25, 0.3) is 0 Å². The van der Waals surface area contributed by atoms with Gasteiger partial charge in [0.1, 0.15) is 17.5 Å². The van der Waals surface area contributed by atoms with Crippen molar-refractivity contribution in [1.82, 2.24) is 10.3 Å². The third kappa shape index (κ3) is 2.85. The van der Waals surface area contributed by atoms with Crippen LogP contribution in [0, 0.1) is 17.5 Å². The fourth-order valence-corrected chi connectivity index (χ4v) is 1.99. The van der Waals surface area contributed by atoms with Crippen LogP contribution in [-0.2, 0) is 6.42 Å². The molecule has 0 unspecified atom stereocenters. The van der Waals surface area contributed by atoms with Crippen molar-refractivity contribution in [2.24, 2.45) is 0 Å². The average Bonchev–Trinajstić information content (AvgIpc) is 3.07. The summed E-state index contributed by atoms with van der Waals surface area (Å²) in [6.45, 7) is 0.707. The van der Waals surface area contributed by atoms with Gasteiger partial charge >= 0.3 is 0 Å². The summed E-state index contributed by atoms with van der Waals surface area (Å²) in [4.78, 5) is 3.98. The highest BCUT2D eigenvalue weighted by Gasteiger charge is 2.21. The van der Waals surface area contributed by atoms with E-state index in [-0.39, 0.29) is 11.3 Å². The Labute approximate surface area is 113 Å². The van der Waals surface area contributed by atoms with E-state index in [0.29, 0.717) is 37.0 Å². The third-order valence-corrected chi connectivity index (χ3v) is 3.16. The molecule has 1 heterocycles. The van der Waals surface area contributed by atoms with Crippen molar-refractivity contribution < 1.29 is 17.6 Å².